The predicted octanol–water partition coefficient (Wildman–Crippen LogP) is 3.01. The molecule has 6 atom stereocenters. The lowest BCUT2D eigenvalue weighted by Gasteiger charge is -2.39. The Bertz CT molecular complexity index is 944. The molecule has 0 aliphatic heterocycles. The molecule has 4 aliphatic carbocycles. The van der Waals surface area contributed by atoms with Crippen LogP contribution in [0.5, 0.6) is 0 Å². The van der Waals surface area contributed by atoms with Crippen LogP contribution < -0.4 is 0 Å². The van der Waals surface area contributed by atoms with Crippen molar-refractivity contribution in [3.8, 4) is 6.07 Å². The lowest BCUT2D eigenvalue weighted by Crippen LogP contribution is -2.50. The van der Waals surface area contributed by atoms with E-state index in [2.05, 4.69) is 16.3 Å². The fraction of sp³-hybridized carbons (Fsp3) is 0.625. The second-order valence-corrected chi connectivity index (χ2v) is 9.48. The van der Waals surface area contributed by atoms with Crippen molar-refractivity contribution < 1.29 is 14.3 Å². The molecule has 6 unspecified atom stereocenters. The number of allylic oxidation sites excluding steroid dienone is 3. The van der Waals surface area contributed by atoms with Crippen molar-refractivity contribution in [3.63, 3.8) is 0 Å². The number of carbonyl (C=O) groups excluding carboxylic acids is 1. The number of aliphatic hydroxyl groups is 1. The molecule has 31 heavy (non-hydrogen) atoms. The van der Waals surface area contributed by atoms with E-state index in [9.17, 15) is 19.6 Å². The zero-order chi connectivity index (χ0) is 21.5. The van der Waals surface area contributed by atoms with Crippen LogP contribution in [0.4, 0.5) is 4.39 Å². The largest absolute Gasteiger partial charge is 0.388 e. The number of alkyl halides is 1. The van der Waals surface area contributed by atoms with E-state index >= 15 is 0 Å². The number of fused-ring (bicyclic) bond motifs is 1. The third kappa shape index (κ3) is 3.82. The summed E-state index contributed by atoms with van der Waals surface area (Å²) in [5.74, 6) is -1.49. The molecule has 1 fully saturated rings. The molecular formula is C24H29FN4O2. The number of nitrogens with zero attached hydrogens (tertiary/aromatic N) is 3. The topological polar surface area (TPSA) is 93.0 Å². The van der Waals surface area contributed by atoms with Gasteiger partial charge in [-0.15, -0.1) is 0 Å². The van der Waals surface area contributed by atoms with Gasteiger partial charge >= 0.3 is 0 Å². The van der Waals surface area contributed by atoms with Crippen molar-refractivity contribution in [2.24, 2.45) is 17.8 Å². The summed E-state index contributed by atoms with van der Waals surface area (Å²) in [5, 5.41) is 27.5. The maximum Gasteiger partial charge on any atom is 0.229 e. The summed E-state index contributed by atoms with van der Waals surface area (Å²) in [6.45, 7) is 0. The molecule has 1 saturated carbocycles. The summed E-state index contributed by atoms with van der Waals surface area (Å²) in [4.78, 5) is 15.6. The minimum Gasteiger partial charge on any atom is -0.388 e. The Labute approximate surface area is 181 Å². The van der Waals surface area contributed by atoms with Crippen LogP contribution in [0.15, 0.2) is 30.0 Å². The van der Waals surface area contributed by atoms with E-state index in [1.165, 1.54) is 11.3 Å². The van der Waals surface area contributed by atoms with Crippen LogP contribution in [0.2, 0.25) is 0 Å². The summed E-state index contributed by atoms with van der Waals surface area (Å²) in [6.07, 6.45) is 11.0. The van der Waals surface area contributed by atoms with Gasteiger partial charge in [0.05, 0.1) is 30.2 Å². The van der Waals surface area contributed by atoms with Crippen molar-refractivity contribution in [3.05, 3.63) is 41.3 Å². The van der Waals surface area contributed by atoms with E-state index in [1.807, 2.05) is 11.1 Å². The molecule has 1 amide bonds. The Hall–Kier alpha value is -2.46. The summed E-state index contributed by atoms with van der Waals surface area (Å²) < 4.78 is 14.6. The predicted molar refractivity (Wildman–Crippen MR) is 112 cm³/mol. The number of aryl methyl sites for hydroxylation is 1. The lowest BCUT2D eigenvalue weighted by atomic mass is 9.73. The van der Waals surface area contributed by atoms with Crippen molar-refractivity contribution in [2.75, 3.05) is 0 Å². The molecule has 7 heteroatoms. The van der Waals surface area contributed by atoms with Crippen molar-refractivity contribution >= 4 is 5.91 Å². The lowest BCUT2D eigenvalue weighted by molar-refractivity contribution is -0.142. The summed E-state index contributed by atoms with van der Waals surface area (Å²) >= 11 is 0. The number of halogens is 1. The number of nitrogens with one attached hydrogen (secondary N) is 1. The van der Waals surface area contributed by atoms with Gasteiger partial charge in [0.2, 0.25) is 5.91 Å². The molecule has 0 aromatic carbocycles. The monoisotopic (exact) mass is 424 g/mol. The zero-order valence-corrected chi connectivity index (χ0v) is 17.6. The maximum absolute atomic E-state index is 14.6. The maximum atomic E-state index is 14.6. The molecular weight excluding hydrogens is 395 g/mol. The highest BCUT2D eigenvalue weighted by Gasteiger charge is 2.44. The molecule has 1 aromatic heterocycles. The smallest absolute Gasteiger partial charge is 0.229 e. The molecule has 5 rings (SSSR count). The van der Waals surface area contributed by atoms with Gasteiger partial charge in [0, 0.05) is 23.7 Å². The normalized spacial score (nSPS) is 35.1. The van der Waals surface area contributed by atoms with Gasteiger partial charge in [-0.1, -0.05) is 23.8 Å². The SMILES string of the molecule is N#CC1C=CCC(F)C1C1=CC(O)C(C(=O)N(C2CC2)C2CCc3[nH]ncc3C2)CC1. The standard InChI is InChI=1S/C24H29FN4O2/c25-20-3-1-2-15(12-26)23(20)14-4-8-19(22(30)11-14)24(31)29(17-5-6-17)18-7-9-21-16(10-18)13-27-28-21/h1-2,11,13,15,17-20,22-23,30H,3-10H2,(H,27,28). The van der Waals surface area contributed by atoms with Crippen LogP contribution in [0, 0.1) is 29.1 Å². The van der Waals surface area contributed by atoms with Crippen molar-refractivity contribution in [1.29, 1.82) is 5.26 Å². The van der Waals surface area contributed by atoms with Crippen LogP contribution in [0.3, 0.4) is 0 Å². The average Bonchev–Trinajstić information content (AvgIpc) is 3.48. The third-order valence-electron chi connectivity index (χ3n) is 7.50. The number of nitriles is 1. The number of aromatic nitrogens is 2. The molecule has 6 nitrogen and oxygen atoms in total. The van der Waals surface area contributed by atoms with E-state index in [-0.39, 0.29) is 18.0 Å². The van der Waals surface area contributed by atoms with Gasteiger partial charge in [-0.3, -0.25) is 9.89 Å². The average molecular weight is 425 g/mol. The molecule has 0 bridgehead atoms. The van der Waals surface area contributed by atoms with Gasteiger partial charge in [-0.2, -0.15) is 10.4 Å². The van der Waals surface area contributed by atoms with E-state index < -0.39 is 30.0 Å². The van der Waals surface area contributed by atoms with Crippen LogP contribution in [-0.2, 0) is 17.6 Å². The van der Waals surface area contributed by atoms with Gasteiger partial charge in [0.15, 0.2) is 0 Å². The minimum absolute atomic E-state index is 0.0272. The van der Waals surface area contributed by atoms with Gasteiger partial charge in [0.1, 0.15) is 6.17 Å². The molecule has 0 spiro atoms. The fourth-order valence-corrected chi connectivity index (χ4v) is 5.73. The molecule has 1 aromatic rings. The highest BCUT2D eigenvalue weighted by atomic mass is 19.1. The number of aromatic amines is 1. The number of hydrogen-bond acceptors (Lipinski definition) is 4. The Morgan fingerprint density at radius 1 is 1.26 bits per heavy atom. The molecule has 2 N–H and O–H groups in total. The van der Waals surface area contributed by atoms with Crippen LogP contribution >= 0.6 is 0 Å². The van der Waals surface area contributed by atoms with Gasteiger partial charge in [0.25, 0.3) is 0 Å². The fourth-order valence-electron chi connectivity index (χ4n) is 5.73. The van der Waals surface area contributed by atoms with Crippen molar-refractivity contribution in [2.45, 2.75) is 75.7 Å². The van der Waals surface area contributed by atoms with Gasteiger partial charge in [-0.25, -0.2) is 4.39 Å². The Morgan fingerprint density at radius 3 is 2.84 bits per heavy atom. The first-order valence-corrected chi connectivity index (χ1v) is 11.5. The van der Waals surface area contributed by atoms with Crippen LogP contribution in [0.25, 0.3) is 0 Å². The first-order valence-electron chi connectivity index (χ1n) is 11.5. The minimum atomic E-state index is -1.12. The summed E-state index contributed by atoms with van der Waals surface area (Å²) in [7, 11) is 0. The second-order valence-electron chi connectivity index (χ2n) is 9.48. The number of amides is 1. The number of hydrogen-bond donors (Lipinski definition) is 2. The Kier molecular flexibility index (Phi) is 5.43. The first kappa shape index (κ1) is 20.4. The van der Waals surface area contributed by atoms with E-state index in [0.717, 1.165) is 37.7 Å². The number of H-pyrrole nitrogens is 1. The summed E-state index contributed by atoms with van der Waals surface area (Å²) in [5.41, 5.74) is 3.14. The number of rotatable bonds is 4. The van der Waals surface area contributed by atoms with E-state index in [0.29, 0.717) is 19.3 Å². The molecule has 1 heterocycles. The first-order chi connectivity index (χ1) is 15.1. The second kappa shape index (κ2) is 8.23. The van der Waals surface area contributed by atoms with E-state index in [1.54, 1.807) is 18.2 Å². The molecule has 0 saturated heterocycles. The van der Waals surface area contributed by atoms with Gasteiger partial charge < -0.3 is 10.0 Å². The van der Waals surface area contributed by atoms with Gasteiger partial charge in [-0.05, 0) is 56.9 Å². The Morgan fingerprint density at radius 2 is 2.10 bits per heavy atom. The van der Waals surface area contributed by atoms with Crippen molar-refractivity contribution in [1.82, 2.24) is 15.1 Å². The van der Waals surface area contributed by atoms with Crippen LogP contribution in [-0.4, -0.2) is 50.5 Å². The molecule has 0 radical (unpaired) electrons. The molecule has 164 valence electrons. The third-order valence-corrected chi connectivity index (χ3v) is 7.50. The highest BCUT2D eigenvalue weighted by Crippen LogP contribution is 2.41. The summed E-state index contributed by atoms with van der Waals surface area (Å²) in [6, 6.07) is 2.60. The number of aliphatic hydroxyl groups excluding tert-OH is 1. The van der Waals surface area contributed by atoms with E-state index in [4.69, 9.17) is 0 Å². The number of carbonyl (C=O) groups is 1. The molecule has 4 aliphatic rings. The van der Waals surface area contributed by atoms with Crippen LogP contribution in [0.1, 0.15) is 49.8 Å². The quantitative estimate of drug-likeness (QED) is 0.727. The Balaban J connectivity index is 1.33. The zero-order valence-electron chi connectivity index (χ0n) is 17.6. The highest BCUT2D eigenvalue weighted by molar-refractivity contribution is 5.81.